The number of hydrogen-bond donors (Lipinski definition) is 2. The van der Waals surface area contributed by atoms with Crippen LogP contribution in [0.1, 0.15) is 16.1 Å². The van der Waals surface area contributed by atoms with Gasteiger partial charge in [0.15, 0.2) is 0 Å². The van der Waals surface area contributed by atoms with Crippen LogP contribution in [0.5, 0.6) is 0 Å². The average molecular weight is 328 g/mol. The first-order valence-corrected chi connectivity index (χ1v) is 5.67. The topological polar surface area (TPSA) is 70.7 Å². The number of halogens is 1. The first-order valence-electron chi connectivity index (χ1n) is 4.59. The molecule has 82 valence electrons. The minimum atomic E-state index is -0.193. The van der Waals surface area contributed by atoms with Gasteiger partial charge in [0.25, 0.3) is 5.91 Å². The molecule has 0 atom stereocenters. The van der Waals surface area contributed by atoms with Gasteiger partial charge < -0.3 is 4.98 Å². The average Bonchev–Trinajstić information content (AvgIpc) is 2.64. The van der Waals surface area contributed by atoms with E-state index in [2.05, 4.69) is 42.9 Å². The van der Waals surface area contributed by atoms with Gasteiger partial charge >= 0.3 is 0 Å². The quantitative estimate of drug-likeness (QED) is 0.828. The summed E-state index contributed by atoms with van der Waals surface area (Å²) in [7, 11) is 0. The van der Waals surface area contributed by atoms with E-state index in [1.807, 2.05) is 6.92 Å². The van der Waals surface area contributed by atoms with Crippen LogP contribution in [0.15, 0.2) is 24.7 Å². The van der Waals surface area contributed by atoms with E-state index in [0.717, 1.165) is 9.26 Å². The molecule has 6 heteroatoms. The van der Waals surface area contributed by atoms with Gasteiger partial charge in [0.2, 0.25) is 5.95 Å². The van der Waals surface area contributed by atoms with Gasteiger partial charge in [0.05, 0.1) is 5.56 Å². The first-order chi connectivity index (χ1) is 7.66. The van der Waals surface area contributed by atoms with Gasteiger partial charge in [-0.3, -0.25) is 15.1 Å². The molecule has 0 bridgehead atoms. The van der Waals surface area contributed by atoms with E-state index < -0.39 is 0 Å². The lowest BCUT2D eigenvalue weighted by molar-refractivity contribution is 0.102. The van der Waals surface area contributed by atoms with Crippen molar-refractivity contribution in [3.63, 3.8) is 0 Å². The molecule has 0 aliphatic heterocycles. The molecule has 0 aromatic carbocycles. The zero-order chi connectivity index (χ0) is 11.5. The van der Waals surface area contributed by atoms with Gasteiger partial charge in [0, 0.05) is 27.9 Å². The summed E-state index contributed by atoms with van der Waals surface area (Å²) in [6.45, 7) is 1.87. The highest BCUT2D eigenvalue weighted by molar-refractivity contribution is 14.1. The van der Waals surface area contributed by atoms with Gasteiger partial charge in [-0.15, -0.1) is 0 Å². The number of carbonyl (C=O) groups excluding carboxylic acids is 1. The second kappa shape index (κ2) is 4.60. The van der Waals surface area contributed by atoms with Crippen LogP contribution in [0.25, 0.3) is 0 Å². The molecule has 0 saturated carbocycles. The highest BCUT2D eigenvalue weighted by atomic mass is 127. The number of anilines is 1. The summed E-state index contributed by atoms with van der Waals surface area (Å²) in [5.41, 5.74) is 1.49. The van der Waals surface area contributed by atoms with E-state index in [1.165, 1.54) is 0 Å². The van der Waals surface area contributed by atoms with Crippen molar-refractivity contribution in [2.24, 2.45) is 0 Å². The number of pyridine rings is 1. The van der Waals surface area contributed by atoms with E-state index in [-0.39, 0.29) is 5.91 Å². The number of amides is 1. The largest absolute Gasteiger partial charge is 0.328 e. The molecule has 5 nitrogen and oxygen atoms in total. The maximum atomic E-state index is 11.8. The number of aryl methyl sites for hydroxylation is 1. The van der Waals surface area contributed by atoms with Crippen molar-refractivity contribution in [3.8, 4) is 0 Å². The first kappa shape index (κ1) is 11.1. The number of nitrogens with one attached hydrogen (secondary N) is 2. The normalized spacial score (nSPS) is 10.1. The van der Waals surface area contributed by atoms with Gasteiger partial charge in [-0.05, 0) is 35.6 Å². The van der Waals surface area contributed by atoms with Crippen LogP contribution in [0.2, 0.25) is 0 Å². The molecule has 2 aromatic heterocycles. The second-order valence-electron chi connectivity index (χ2n) is 3.22. The number of aromatic nitrogens is 3. The maximum Gasteiger partial charge on any atom is 0.259 e. The van der Waals surface area contributed by atoms with Crippen molar-refractivity contribution in [1.82, 2.24) is 15.0 Å². The van der Waals surface area contributed by atoms with Gasteiger partial charge in [0.1, 0.15) is 0 Å². The number of hydrogen-bond acceptors (Lipinski definition) is 3. The van der Waals surface area contributed by atoms with Crippen molar-refractivity contribution in [2.75, 3.05) is 5.32 Å². The molecule has 0 aliphatic carbocycles. The summed E-state index contributed by atoms with van der Waals surface area (Å²) >= 11 is 2.07. The van der Waals surface area contributed by atoms with E-state index >= 15 is 0 Å². The molecule has 0 aliphatic rings. The van der Waals surface area contributed by atoms with Crippen LogP contribution >= 0.6 is 22.6 Å². The predicted octanol–water partition coefficient (Wildman–Crippen LogP) is 1.97. The Kier molecular flexibility index (Phi) is 3.18. The molecule has 2 rings (SSSR count). The summed E-state index contributed by atoms with van der Waals surface area (Å²) in [4.78, 5) is 22.7. The second-order valence-corrected chi connectivity index (χ2v) is 4.39. The van der Waals surface area contributed by atoms with Crippen molar-refractivity contribution >= 4 is 34.4 Å². The molecular weight excluding hydrogens is 319 g/mol. The predicted molar refractivity (Wildman–Crippen MR) is 68.2 cm³/mol. The lowest BCUT2D eigenvalue weighted by atomic mass is 10.2. The Morgan fingerprint density at radius 3 is 2.94 bits per heavy atom. The molecule has 0 fully saturated rings. The fraction of sp³-hybridized carbons (Fsp3) is 0.100. The Labute approximate surface area is 106 Å². The molecule has 16 heavy (non-hydrogen) atoms. The Balaban J connectivity index is 2.18. The molecule has 0 radical (unpaired) electrons. The highest BCUT2D eigenvalue weighted by Crippen LogP contribution is 2.11. The van der Waals surface area contributed by atoms with E-state index in [0.29, 0.717) is 11.5 Å². The van der Waals surface area contributed by atoms with E-state index in [9.17, 15) is 4.79 Å². The lowest BCUT2D eigenvalue weighted by Gasteiger charge is -2.03. The molecule has 0 spiro atoms. The Hall–Kier alpha value is -1.44. The van der Waals surface area contributed by atoms with Crippen LogP contribution in [0, 0.1) is 10.5 Å². The zero-order valence-corrected chi connectivity index (χ0v) is 10.6. The Morgan fingerprint density at radius 1 is 1.50 bits per heavy atom. The van der Waals surface area contributed by atoms with Crippen molar-refractivity contribution in [3.05, 3.63) is 39.5 Å². The number of aromatic amines is 1. The molecular formula is C10H9IN4O. The zero-order valence-electron chi connectivity index (χ0n) is 8.49. The summed E-state index contributed by atoms with van der Waals surface area (Å²) in [6, 6.07) is 1.67. The number of H-pyrrole nitrogens is 1. The fourth-order valence-corrected chi connectivity index (χ4v) is 1.80. The van der Waals surface area contributed by atoms with Gasteiger partial charge in [-0.2, -0.15) is 0 Å². The summed E-state index contributed by atoms with van der Waals surface area (Å²) in [5, 5.41) is 2.68. The number of imidazole rings is 1. The smallest absolute Gasteiger partial charge is 0.259 e. The SMILES string of the molecule is Cc1cnc(NC(=O)c2ccncc2I)[nH]1. The van der Waals surface area contributed by atoms with Crippen LogP contribution < -0.4 is 5.32 Å². The minimum Gasteiger partial charge on any atom is -0.328 e. The molecule has 0 saturated heterocycles. The number of nitrogens with zero attached hydrogens (tertiary/aromatic N) is 2. The van der Waals surface area contributed by atoms with Gasteiger partial charge in [-0.1, -0.05) is 0 Å². The summed E-state index contributed by atoms with van der Waals surface area (Å²) in [5.74, 6) is 0.260. The van der Waals surface area contributed by atoms with Crippen LogP contribution in [-0.2, 0) is 0 Å². The molecule has 0 unspecified atom stereocenters. The Morgan fingerprint density at radius 2 is 2.31 bits per heavy atom. The van der Waals surface area contributed by atoms with Crippen LogP contribution in [-0.4, -0.2) is 20.9 Å². The third-order valence-electron chi connectivity index (χ3n) is 1.95. The summed E-state index contributed by atoms with van der Waals surface area (Å²) < 4.78 is 0.806. The van der Waals surface area contributed by atoms with E-state index in [1.54, 1.807) is 24.7 Å². The van der Waals surface area contributed by atoms with Crippen molar-refractivity contribution in [2.45, 2.75) is 6.92 Å². The van der Waals surface area contributed by atoms with Crippen molar-refractivity contribution in [1.29, 1.82) is 0 Å². The van der Waals surface area contributed by atoms with E-state index in [4.69, 9.17) is 0 Å². The minimum absolute atomic E-state index is 0.193. The molecule has 2 aromatic rings. The molecule has 1 amide bonds. The number of rotatable bonds is 2. The molecule has 2 heterocycles. The Bertz CT molecular complexity index is 523. The number of carbonyl (C=O) groups is 1. The van der Waals surface area contributed by atoms with Crippen molar-refractivity contribution < 1.29 is 4.79 Å². The standard InChI is InChI=1S/C10H9IN4O/c1-6-4-13-10(14-6)15-9(16)7-2-3-12-5-8(7)11/h2-5H,1H3,(H2,13,14,15,16). The highest BCUT2D eigenvalue weighted by Gasteiger charge is 2.10. The third-order valence-corrected chi connectivity index (χ3v) is 2.81. The summed E-state index contributed by atoms with van der Waals surface area (Å²) in [6.07, 6.45) is 4.89. The van der Waals surface area contributed by atoms with Gasteiger partial charge in [-0.25, -0.2) is 4.98 Å². The maximum absolute atomic E-state index is 11.8. The van der Waals surface area contributed by atoms with Crippen LogP contribution in [0.3, 0.4) is 0 Å². The molecule has 2 N–H and O–H groups in total. The lowest BCUT2D eigenvalue weighted by Crippen LogP contribution is -2.14. The third kappa shape index (κ3) is 2.38. The monoisotopic (exact) mass is 328 g/mol. The van der Waals surface area contributed by atoms with Crippen LogP contribution in [0.4, 0.5) is 5.95 Å². The fourth-order valence-electron chi connectivity index (χ4n) is 1.21.